The lowest BCUT2D eigenvalue weighted by atomic mass is 10.1. The monoisotopic (exact) mass is 2180 g/mol. The maximum Gasteiger partial charge on any atom is 0.344 e. The van der Waals surface area contributed by atoms with Crippen LogP contribution in [0, 0.1) is 98.9 Å². The molecule has 0 fully saturated rings. The summed E-state index contributed by atoms with van der Waals surface area (Å²) >= 11 is 0. The summed E-state index contributed by atoms with van der Waals surface area (Å²) in [5.74, 6) is -44.1. The van der Waals surface area contributed by atoms with Gasteiger partial charge in [-0.05, 0) is 91.0 Å². The average molecular weight is 2180 g/mol. The Morgan fingerprint density at radius 2 is 0.500 bits per heavy atom. The number of carbonyl (C=O) groups excluding carboxylic acids is 8. The summed E-state index contributed by atoms with van der Waals surface area (Å²) in [4.78, 5) is 89.7. The highest BCUT2D eigenvalue weighted by molar-refractivity contribution is 7.87. The highest BCUT2D eigenvalue weighted by Gasteiger charge is 2.32. The molecule has 0 bridgehead atoms. The van der Waals surface area contributed by atoms with Crippen molar-refractivity contribution < 1.29 is 255 Å². The molecule has 0 aromatic heterocycles. The third-order valence-corrected chi connectivity index (χ3v) is 19.7. The van der Waals surface area contributed by atoms with E-state index in [1.165, 1.54) is 42.5 Å². The van der Waals surface area contributed by atoms with E-state index in [2.05, 4.69) is 37.9 Å². The van der Waals surface area contributed by atoms with Gasteiger partial charge < -0.3 is 91.5 Å². The van der Waals surface area contributed by atoms with Gasteiger partial charge in [-0.25, -0.2) is 180 Å². The number of ether oxygens (including phenoxy) is 8. The summed E-state index contributed by atoms with van der Waals surface area (Å²) in [7, 11) is -36.2. The molecule has 8 rings (SSSR count). The van der Waals surface area contributed by atoms with Crippen LogP contribution >= 0.6 is 0 Å². The van der Waals surface area contributed by atoms with Gasteiger partial charge in [0, 0.05) is 12.1 Å². The molecule has 0 spiro atoms. The highest BCUT2D eigenvalue weighted by Crippen LogP contribution is 2.28. The van der Waals surface area contributed by atoms with Crippen LogP contribution in [-0.4, -0.2) is 250 Å². The molecule has 0 aliphatic heterocycles. The van der Waals surface area contributed by atoms with Crippen LogP contribution < -0.4 is 17.2 Å². The van der Waals surface area contributed by atoms with Crippen LogP contribution in [0.2, 0.25) is 0 Å². The van der Waals surface area contributed by atoms with Crippen molar-refractivity contribution in [2.75, 3.05) is 116 Å². The second-order valence-electron chi connectivity index (χ2n) is 24.9. The number of anilines is 3. The number of hydrogen-bond donors (Lipinski definition) is 3. The van der Waals surface area contributed by atoms with E-state index in [1.54, 1.807) is 0 Å². The lowest BCUT2D eigenvalue weighted by Gasteiger charge is -2.10. The van der Waals surface area contributed by atoms with E-state index in [4.69, 9.17) is 17.2 Å². The van der Waals surface area contributed by atoms with E-state index < -0.39 is 354 Å². The smallest absolute Gasteiger partial charge is 0.344 e. The predicted octanol–water partition coefficient (Wildman–Crippen LogP) is 4.22. The summed E-state index contributed by atoms with van der Waals surface area (Å²) < 4.78 is 499. The molecule has 0 aliphatic rings. The Morgan fingerprint density at radius 3 is 0.821 bits per heavy atom. The molecule has 140 heavy (non-hydrogen) atoms. The van der Waals surface area contributed by atoms with Crippen molar-refractivity contribution in [1.29, 1.82) is 0 Å². The summed E-state index contributed by atoms with van der Waals surface area (Å²) in [6.07, 6.45) is 0. The van der Waals surface area contributed by atoms with E-state index in [9.17, 15) is 217 Å². The number of hydrogen-bond acceptors (Lipinski definition) is 43. The summed E-state index contributed by atoms with van der Waals surface area (Å²) in [5, 5.41) is 0. The second kappa shape index (κ2) is 56.3. The molecule has 68 heteroatoms. The number of nitrogen functional groups attached to an aromatic ring is 3. The van der Waals surface area contributed by atoms with Crippen molar-refractivity contribution in [3.05, 3.63) is 265 Å². The first-order valence-corrected chi connectivity index (χ1v) is 48.2. The Morgan fingerprint density at radius 1 is 0.221 bits per heavy atom. The Kier molecular flexibility index (Phi) is 50.3. The van der Waals surface area contributed by atoms with E-state index in [0.29, 0.717) is 12.1 Å². The average Bonchev–Trinajstić information content (AvgIpc) is 0.789. The fraction of sp³-hybridized carbons (Fsp3) is 0.222. The van der Waals surface area contributed by atoms with Crippen LogP contribution in [0.15, 0.2) is 121 Å². The molecule has 8 aromatic rings. The molecule has 0 unspecified atom stereocenters. The van der Waals surface area contributed by atoms with E-state index >= 15 is 0 Å². The number of esters is 8. The Bertz CT molecular complexity index is 6520. The number of carbonyl (C=O) groups is 8. The van der Waals surface area contributed by atoms with E-state index in [-0.39, 0.29) is 33.6 Å². The Labute approximate surface area is 777 Å². The summed E-state index contributed by atoms with van der Waals surface area (Å²) in [6.45, 7) is -5.72. The third-order valence-electron chi connectivity index (χ3n) is 14.3. The van der Waals surface area contributed by atoms with Gasteiger partial charge in [0.2, 0.25) is 5.82 Å². The highest BCUT2D eigenvalue weighted by atomic mass is 32.2. The van der Waals surface area contributed by atoms with Gasteiger partial charge in [-0.3, -0.25) is 0 Å². The fourth-order valence-corrected chi connectivity index (χ4v) is 10.3. The quantitative estimate of drug-likeness (QED) is 0.0101. The van der Waals surface area contributed by atoms with Crippen molar-refractivity contribution >= 4 is 146 Å². The van der Waals surface area contributed by atoms with Gasteiger partial charge in [0.15, 0.2) is 46.5 Å². The van der Waals surface area contributed by atoms with Gasteiger partial charge >= 0.3 is 47.8 Å². The number of benzene rings is 8. The van der Waals surface area contributed by atoms with Gasteiger partial charge in [-0.1, -0.05) is 18.2 Å². The third kappa shape index (κ3) is 50.6. The standard InChI is InChI=1S/C9H5F5O5S.C9H7F4NO5S.2C9H8F2O5S.2C9H10FNO5S.2C9H9FO5S/c2*10-4-3(5(11)7(13)8(14)6(4)12)9(15)19-1-2-20(16,17)18;10-7-3-6(4-8(11)5-7)9(12)16-1-2-17(13,14)15;10-6-1-2-7(8(11)5-6)9(12)16-3-4-17(13,14)15;10-7-5-6(1-2-8(7)11)9(12)16-3-4-17(13,14)15;10-7-2-1-6(5-8(7)11)9(12)16-3-4-17(13,14)15;10-8-3-1-2-7(6-8)9(11)15-4-5-16(12,13)14;10-8-4-2-1-3-7(8)9(11)15-5-6-16(12,13)14/h1-2H2,(H,16,17,18);1-2,14H2,(H,16,17,18);3-5H,1-2H2,(H,13,14,15);1-2,5H,3-4H2,(H,13,14,15);2*1-2,5H,3-4,11H2,(H,13,14,15);1-3,6H,4-5H2,(H,12,13,14);1-4H,5-6H2,(H,12,13,14)/p-8. The van der Waals surface area contributed by atoms with Crippen LogP contribution in [0.5, 0.6) is 0 Å². The van der Waals surface area contributed by atoms with Crippen molar-refractivity contribution in [3.63, 3.8) is 0 Å². The van der Waals surface area contributed by atoms with Crippen molar-refractivity contribution in [3.8, 4) is 0 Å². The second-order valence-corrected chi connectivity index (χ2v) is 37.1. The molecule has 0 amide bonds. The van der Waals surface area contributed by atoms with Crippen molar-refractivity contribution in [1.82, 2.24) is 0 Å². The number of rotatable bonds is 32. The zero-order valence-electron chi connectivity index (χ0n) is 68.6. The first-order chi connectivity index (χ1) is 64.1. The fourth-order valence-electron chi connectivity index (χ4n) is 8.03. The van der Waals surface area contributed by atoms with Gasteiger partial charge in [-0.2, -0.15) is 0 Å². The normalized spacial score (nSPS) is 11.3. The van der Waals surface area contributed by atoms with Crippen LogP contribution in [0.4, 0.5) is 91.7 Å². The van der Waals surface area contributed by atoms with Crippen molar-refractivity contribution in [2.24, 2.45) is 0 Å². The van der Waals surface area contributed by atoms with Gasteiger partial charge in [0.1, 0.15) is 116 Å². The molecule has 6 N–H and O–H groups in total. The molecule has 776 valence electrons. The number of halogens is 17. The minimum absolute atomic E-state index is 0.0211. The first-order valence-electron chi connectivity index (χ1n) is 35.6. The lowest BCUT2D eigenvalue weighted by Crippen LogP contribution is -2.19. The Balaban J connectivity index is 0.000000801. The maximum atomic E-state index is 13.3. The van der Waals surface area contributed by atoms with Crippen molar-refractivity contribution in [2.45, 2.75) is 0 Å². The van der Waals surface area contributed by atoms with Crippen LogP contribution in [0.25, 0.3) is 0 Å². The topological polar surface area (TPSA) is 746 Å². The molecular weight excluding hydrogens is 2130 g/mol. The van der Waals surface area contributed by atoms with Crippen LogP contribution in [0.3, 0.4) is 0 Å². The van der Waals surface area contributed by atoms with Crippen LogP contribution in [-0.2, 0) is 119 Å². The molecule has 0 aliphatic carbocycles. The summed E-state index contributed by atoms with van der Waals surface area (Å²) in [5.41, 5.74) is 8.34. The minimum Gasteiger partial charge on any atom is -0.748 e. The largest absolute Gasteiger partial charge is 0.748 e. The van der Waals surface area contributed by atoms with Crippen LogP contribution in [0.1, 0.15) is 82.9 Å². The maximum absolute atomic E-state index is 13.3. The molecule has 0 saturated heterocycles. The molecule has 43 nitrogen and oxygen atoms in total. The SMILES string of the molecule is Nc1c(F)c(F)c(C(=O)OCCS(=O)(=O)[O-])c(F)c1F.Nc1cc(C(=O)OCCS(=O)(=O)[O-])ccc1F.Nc1ccc(C(=O)OCCS(=O)(=O)[O-])cc1F.O=C(OCCS(=O)(=O)[O-])c1c(F)c(F)c(F)c(F)c1F.O=C(OCCS(=O)(=O)[O-])c1cc(F)cc(F)c1.O=C(OCCS(=O)(=O)[O-])c1ccc(F)cc1F.O=C(OCCS(=O)(=O)[O-])c1cccc(F)c1.O=C(OCCS(=O)(=O)[O-])c1ccccc1F. The molecule has 0 atom stereocenters. The van der Waals surface area contributed by atoms with Gasteiger partial charge in [0.25, 0.3) is 0 Å². The predicted molar refractivity (Wildman–Crippen MR) is 423 cm³/mol. The first kappa shape index (κ1) is 125. The molecular formula is C72H58F17N3O40S8-8. The Hall–Kier alpha value is -13.0. The van der Waals surface area contributed by atoms with E-state index in [0.717, 1.165) is 66.7 Å². The molecule has 0 saturated carbocycles. The van der Waals surface area contributed by atoms with Gasteiger partial charge in [0.05, 0.1) is 172 Å². The zero-order valence-corrected chi connectivity index (χ0v) is 75.1. The molecule has 0 radical (unpaired) electrons. The lowest BCUT2D eigenvalue weighted by molar-refractivity contribution is 0.0503. The zero-order chi connectivity index (χ0) is 108. The minimum atomic E-state index is -4.77. The van der Waals surface area contributed by atoms with Gasteiger partial charge in [-0.15, -0.1) is 0 Å². The number of nitrogens with two attached hydrogens (primary N) is 3. The van der Waals surface area contributed by atoms with E-state index in [1.807, 2.05) is 0 Å². The molecule has 8 aromatic carbocycles. The molecule has 0 heterocycles. The summed E-state index contributed by atoms with van der Waals surface area (Å²) in [6, 6.07) is 20.5.